The second-order valence-corrected chi connectivity index (χ2v) is 4.50. The molecule has 1 atom stereocenters. The van der Waals surface area contributed by atoms with Crippen LogP contribution in [0.2, 0.25) is 5.02 Å². The highest BCUT2D eigenvalue weighted by Crippen LogP contribution is 2.26. The van der Waals surface area contributed by atoms with Crippen LogP contribution in [0.1, 0.15) is 29.6 Å². The number of carbonyl (C=O) groups is 1. The Morgan fingerprint density at radius 3 is 2.94 bits per heavy atom. The molecule has 1 aromatic rings. The van der Waals surface area contributed by atoms with E-state index in [1.54, 1.807) is 25.3 Å². The van der Waals surface area contributed by atoms with E-state index in [0.717, 1.165) is 19.3 Å². The Balaban J connectivity index is 2.25. The van der Waals surface area contributed by atoms with Crippen molar-refractivity contribution < 1.29 is 14.3 Å². The molecule has 1 aliphatic heterocycles. The lowest BCUT2D eigenvalue weighted by Gasteiger charge is -2.22. The predicted molar refractivity (Wildman–Crippen MR) is 65.9 cm³/mol. The molecule has 17 heavy (non-hydrogen) atoms. The number of ketones is 1. The summed E-state index contributed by atoms with van der Waals surface area (Å²) in [5.74, 6) is 0.512. The third kappa shape index (κ3) is 2.79. The van der Waals surface area contributed by atoms with Crippen molar-refractivity contribution in [1.82, 2.24) is 0 Å². The lowest BCUT2D eigenvalue weighted by Crippen LogP contribution is -2.28. The minimum atomic E-state index is -0.351. The summed E-state index contributed by atoms with van der Waals surface area (Å²) < 4.78 is 10.7. The van der Waals surface area contributed by atoms with Crippen LogP contribution < -0.4 is 4.74 Å². The lowest BCUT2D eigenvalue weighted by molar-refractivity contribution is 0.0185. The third-order valence-corrected chi connectivity index (χ3v) is 3.13. The number of rotatable bonds is 3. The van der Waals surface area contributed by atoms with Crippen molar-refractivity contribution in [2.75, 3.05) is 13.7 Å². The number of Topliss-reactive ketones (excluding diaryl/α,β-unsaturated/α-hetero) is 1. The molecule has 1 heterocycles. The number of ether oxygens (including phenoxy) is 2. The van der Waals surface area contributed by atoms with Gasteiger partial charge < -0.3 is 9.47 Å². The average molecular weight is 255 g/mol. The number of benzene rings is 1. The van der Waals surface area contributed by atoms with Crippen molar-refractivity contribution in [3.63, 3.8) is 0 Å². The van der Waals surface area contributed by atoms with Crippen molar-refractivity contribution in [3.8, 4) is 5.75 Å². The highest BCUT2D eigenvalue weighted by Gasteiger charge is 2.25. The number of halogens is 1. The first-order valence-corrected chi connectivity index (χ1v) is 6.09. The Hall–Kier alpha value is -1.06. The molecule has 2 rings (SSSR count). The molecule has 0 aliphatic carbocycles. The fourth-order valence-electron chi connectivity index (χ4n) is 1.99. The highest BCUT2D eigenvalue weighted by atomic mass is 35.5. The van der Waals surface area contributed by atoms with Gasteiger partial charge in [0.2, 0.25) is 0 Å². The van der Waals surface area contributed by atoms with E-state index in [-0.39, 0.29) is 11.9 Å². The van der Waals surface area contributed by atoms with E-state index in [9.17, 15) is 4.79 Å². The van der Waals surface area contributed by atoms with Gasteiger partial charge >= 0.3 is 0 Å². The van der Waals surface area contributed by atoms with Crippen LogP contribution in [-0.2, 0) is 4.74 Å². The van der Waals surface area contributed by atoms with Gasteiger partial charge in [0.25, 0.3) is 0 Å². The predicted octanol–water partition coefficient (Wildman–Crippen LogP) is 3.10. The maximum absolute atomic E-state index is 12.3. The molecule has 0 amide bonds. The van der Waals surface area contributed by atoms with Crippen molar-refractivity contribution in [1.29, 1.82) is 0 Å². The first-order valence-electron chi connectivity index (χ1n) is 5.71. The average Bonchev–Trinajstić information content (AvgIpc) is 2.39. The summed E-state index contributed by atoms with van der Waals surface area (Å²) in [4.78, 5) is 12.3. The normalized spacial score (nSPS) is 20.0. The fourth-order valence-corrected chi connectivity index (χ4v) is 2.17. The van der Waals surface area contributed by atoms with Gasteiger partial charge in [0.15, 0.2) is 5.78 Å². The van der Waals surface area contributed by atoms with E-state index in [1.807, 2.05) is 0 Å². The molecule has 0 N–H and O–H groups in total. The number of methoxy groups -OCH3 is 1. The van der Waals surface area contributed by atoms with Gasteiger partial charge in [-0.05, 0) is 37.5 Å². The molecule has 1 unspecified atom stereocenters. The molecular weight excluding hydrogens is 240 g/mol. The van der Waals surface area contributed by atoms with Crippen LogP contribution in [0, 0.1) is 0 Å². The summed E-state index contributed by atoms with van der Waals surface area (Å²) in [6.07, 6.45) is 2.47. The van der Waals surface area contributed by atoms with Gasteiger partial charge in [-0.15, -0.1) is 0 Å². The van der Waals surface area contributed by atoms with Crippen LogP contribution in [0.25, 0.3) is 0 Å². The van der Waals surface area contributed by atoms with Crippen molar-refractivity contribution in [3.05, 3.63) is 28.8 Å². The molecule has 1 aromatic carbocycles. The van der Waals surface area contributed by atoms with E-state index < -0.39 is 0 Å². The summed E-state index contributed by atoms with van der Waals surface area (Å²) >= 11 is 5.91. The minimum absolute atomic E-state index is 0.0379. The molecule has 0 radical (unpaired) electrons. The molecule has 1 fully saturated rings. The van der Waals surface area contributed by atoms with E-state index in [1.165, 1.54) is 0 Å². The largest absolute Gasteiger partial charge is 0.496 e. The topological polar surface area (TPSA) is 35.5 Å². The Kier molecular flexibility index (Phi) is 4.02. The zero-order valence-corrected chi connectivity index (χ0v) is 10.5. The maximum atomic E-state index is 12.3. The Bertz CT molecular complexity index is 411. The fraction of sp³-hybridized carbons (Fsp3) is 0.462. The summed E-state index contributed by atoms with van der Waals surface area (Å²) in [7, 11) is 1.54. The summed E-state index contributed by atoms with van der Waals surface area (Å²) in [6, 6.07) is 5.05. The van der Waals surface area contributed by atoms with Gasteiger partial charge in [0.1, 0.15) is 11.9 Å². The smallest absolute Gasteiger partial charge is 0.195 e. The van der Waals surface area contributed by atoms with E-state index >= 15 is 0 Å². The molecule has 0 bridgehead atoms. The standard InChI is InChI=1S/C13H15ClO3/c1-16-11-6-5-9(14)8-10(11)13(15)12-4-2-3-7-17-12/h5-6,8,12H,2-4,7H2,1H3. The maximum Gasteiger partial charge on any atom is 0.195 e. The van der Waals surface area contributed by atoms with Gasteiger partial charge in [0, 0.05) is 11.6 Å². The van der Waals surface area contributed by atoms with Crippen LogP contribution in [0.3, 0.4) is 0 Å². The second kappa shape index (κ2) is 5.52. The van der Waals surface area contributed by atoms with Crippen LogP contribution in [0.5, 0.6) is 5.75 Å². The van der Waals surface area contributed by atoms with Crippen molar-refractivity contribution >= 4 is 17.4 Å². The van der Waals surface area contributed by atoms with Gasteiger partial charge in [0.05, 0.1) is 12.7 Å². The molecule has 3 nitrogen and oxygen atoms in total. The van der Waals surface area contributed by atoms with Gasteiger partial charge in [-0.2, -0.15) is 0 Å². The third-order valence-electron chi connectivity index (χ3n) is 2.90. The first kappa shape index (κ1) is 12.4. The molecular formula is C13H15ClO3. The molecule has 0 saturated carbocycles. The summed E-state index contributed by atoms with van der Waals surface area (Å²) in [5.41, 5.74) is 0.506. The zero-order valence-electron chi connectivity index (χ0n) is 9.74. The molecule has 0 spiro atoms. The molecule has 92 valence electrons. The molecule has 4 heteroatoms. The van der Waals surface area contributed by atoms with E-state index in [2.05, 4.69) is 0 Å². The second-order valence-electron chi connectivity index (χ2n) is 4.06. The zero-order chi connectivity index (χ0) is 12.3. The lowest BCUT2D eigenvalue weighted by atomic mass is 9.99. The first-order chi connectivity index (χ1) is 8.22. The highest BCUT2D eigenvalue weighted by molar-refractivity contribution is 6.31. The summed E-state index contributed by atoms with van der Waals surface area (Å²) in [6.45, 7) is 0.652. The Morgan fingerprint density at radius 2 is 2.29 bits per heavy atom. The monoisotopic (exact) mass is 254 g/mol. The minimum Gasteiger partial charge on any atom is -0.496 e. The molecule has 0 aromatic heterocycles. The van der Waals surface area contributed by atoms with Crippen LogP contribution in [-0.4, -0.2) is 25.6 Å². The molecule has 1 saturated heterocycles. The van der Waals surface area contributed by atoms with Crippen LogP contribution >= 0.6 is 11.6 Å². The quantitative estimate of drug-likeness (QED) is 0.778. The van der Waals surface area contributed by atoms with Gasteiger partial charge in [-0.3, -0.25) is 4.79 Å². The Morgan fingerprint density at radius 1 is 1.47 bits per heavy atom. The SMILES string of the molecule is COc1ccc(Cl)cc1C(=O)C1CCCCO1. The molecule has 1 aliphatic rings. The van der Waals surface area contributed by atoms with Crippen molar-refractivity contribution in [2.45, 2.75) is 25.4 Å². The number of carbonyl (C=O) groups excluding carboxylic acids is 1. The van der Waals surface area contributed by atoms with Crippen LogP contribution in [0.4, 0.5) is 0 Å². The Labute approximate surface area is 106 Å². The number of hydrogen-bond donors (Lipinski definition) is 0. The summed E-state index contributed by atoms with van der Waals surface area (Å²) in [5, 5.41) is 0.532. The van der Waals surface area contributed by atoms with Gasteiger partial charge in [-0.25, -0.2) is 0 Å². The van der Waals surface area contributed by atoms with Gasteiger partial charge in [-0.1, -0.05) is 11.6 Å². The van der Waals surface area contributed by atoms with E-state index in [4.69, 9.17) is 21.1 Å². The van der Waals surface area contributed by atoms with E-state index in [0.29, 0.717) is 22.9 Å². The van der Waals surface area contributed by atoms with Crippen LogP contribution in [0.15, 0.2) is 18.2 Å². The van der Waals surface area contributed by atoms with Crippen molar-refractivity contribution in [2.24, 2.45) is 0 Å². The number of hydrogen-bond acceptors (Lipinski definition) is 3.